The van der Waals surface area contributed by atoms with Crippen LogP contribution in [0.2, 0.25) is 0 Å². The molecule has 0 radical (unpaired) electrons. The molecular formula is C23H24N2O3S. The van der Waals surface area contributed by atoms with Gasteiger partial charge in [-0.2, -0.15) is 0 Å². The van der Waals surface area contributed by atoms with E-state index < -0.39 is 10.0 Å². The smallest absolute Gasteiger partial charge is 0.261 e. The van der Waals surface area contributed by atoms with Gasteiger partial charge < -0.3 is 5.32 Å². The van der Waals surface area contributed by atoms with E-state index in [1.807, 2.05) is 25.1 Å². The third-order valence-corrected chi connectivity index (χ3v) is 5.94. The van der Waals surface area contributed by atoms with Crippen molar-refractivity contribution in [3.05, 3.63) is 96.1 Å². The highest BCUT2D eigenvalue weighted by molar-refractivity contribution is 7.92. The Morgan fingerprint density at radius 1 is 0.862 bits per heavy atom. The van der Waals surface area contributed by atoms with Crippen LogP contribution in [-0.2, 0) is 16.4 Å². The lowest BCUT2D eigenvalue weighted by Gasteiger charge is -2.14. The normalized spacial score (nSPS) is 12.2. The van der Waals surface area contributed by atoms with Gasteiger partial charge in [0.2, 0.25) is 0 Å². The second kappa shape index (κ2) is 9.39. The SMILES string of the molecule is C[C@@H](CCc1ccccc1)NC(=O)c1ccc(NS(=O)(=O)c2ccccc2)cc1. The summed E-state index contributed by atoms with van der Waals surface area (Å²) in [7, 11) is -3.65. The Hall–Kier alpha value is -3.12. The Morgan fingerprint density at radius 2 is 1.45 bits per heavy atom. The number of sulfonamides is 1. The molecule has 0 aromatic heterocycles. The van der Waals surface area contributed by atoms with E-state index in [2.05, 4.69) is 22.2 Å². The van der Waals surface area contributed by atoms with Crippen molar-refractivity contribution < 1.29 is 13.2 Å². The Kier molecular flexibility index (Phi) is 6.67. The Balaban J connectivity index is 1.56. The molecule has 0 spiro atoms. The van der Waals surface area contributed by atoms with Crippen molar-refractivity contribution in [3.8, 4) is 0 Å². The molecule has 0 aliphatic heterocycles. The number of amides is 1. The highest BCUT2D eigenvalue weighted by atomic mass is 32.2. The topological polar surface area (TPSA) is 75.3 Å². The molecule has 2 N–H and O–H groups in total. The van der Waals surface area contributed by atoms with Crippen molar-refractivity contribution in [1.82, 2.24) is 5.32 Å². The van der Waals surface area contributed by atoms with Gasteiger partial charge in [-0.25, -0.2) is 8.42 Å². The van der Waals surface area contributed by atoms with Crippen LogP contribution in [0.1, 0.15) is 29.3 Å². The van der Waals surface area contributed by atoms with E-state index in [0.717, 1.165) is 12.8 Å². The minimum atomic E-state index is -3.65. The molecule has 0 heterocycles. The zero-order valence-corrected chi connectivity index (χ0v) is 17.0. The van der Waals surface area contributed by atoms with Gasteiger partial charge in [0.25, 0.3) is 15.9 Å². The lowest BCUT2D eigenvalue weighted by molar-refractivity contribution is 0.0938. The first-order valence-corrected chi connectivity index (χ1v) is 10.9. The van der Waals surface area contributed by atoms with E-state index in [-0.39, 0.29) is 16.8 Å². The van der Waals surface area contributed by atoms with Crippen LogP contribution < -0.4 is 10.0 Å². The molecule has 6 heteroatoms. The quantitative estimate of drug-likeness (QED) is 0.585. The van der Waals surface area contributed by atoms with Gasteiger partial charge in [-0.1, -0.05) is 48.5 Å². The van der Waals surface area contributed by atoms with Gasteiger partial charge in [0, 0.05) is 17.3 Å². The van der Waals surface area contributed by atoms with Gasteiger partial charge >= 0.3 is 0 Å². The van der Waals surface area contributed by atoms with E-state index in [0.29, 0.717) is 11.3 Å². The van der Waals surface area contributed by atoms with Crippen LogP contribution >= 0.6 is 0 Å². The number of hydrogen-bond donors (Lipinski definition) is 2. The van der Waals surface area contributed by atoms with Crippen LogP contribution in [0.5, 0.6) is 0 Å². The van der Waals surface area contributed by atoms with Gasteiger partial charge in [0.1, 0.15) is 0 Å². The van der Waals surface area contributed by atoms with Crippen molar-refractivity contribution >= 4 is 21.6 Å². The van der Waals surface area contributed by atoms with Crippen molar-refractivity contribution in [2.75, 3.05) is 4.72 Å². The van der Waals surface area contributed by atoms with Gasteiger partial charge in [-0.3, -0.25) is 9.52 Å². The van der Waals surface area contributed by atoms with Gasteiger partial charge in [-0.05, 0) is 61.7 Å². The zero-order chi connectivity index (χ0) is 20.7. The minimum absolute atomic E-state index is 0.0268. The predicted molar refractivity (Wildman–Crippen MR) is 115 cm³/mol. The largest absolute Gasteiger partial charge is 0.350 e. The Bertz CT molecular complexity index is 1030. The first kappa shape index (κ1) is 20.6. The third-order valence-electron chi connectivity index (χ3n) is 4.54. The second-order valence-corrected chi connectivity index (χ2v) is 8.58. The van der Waals surface area contributed by atoms with Crippen LogP contribution in [0.3, 0.4) is 0 Å². The van der Waals surface area contributed by atoms with E-state index in [1.54, 1.807) is 42.5 Å². The zero-order valence-electron chi connectivity index (χ0n) is 16.2. The minimum Gasteiger partial charge on any atom is -0.350 e. The second-order valence-electron chi connectivity index (χ2n) is 6.89. The summed E-state index contributed by atoms with van der Waals surface area (Å²) >= 11 is 0. The first-order chi connectivity index (χ1) is 13.9. The Morgan fingerprint density at radius 3 is 2.07 bits per heavy atom. The molecule has 0 aliphatic rings. The number of hydrogen-bond acceptors (Lipinski definition) is 3. The van der Waals surface area contributed by atoms with Crippen LogP contribution in [0.4, 0.5) is 5.69 Å². The molecule has 0 saturated heterocycles. The van der Waals surface area contributed by atoms with Crippen molar-refractivity contribution in [1.29, 1.82) is 0 Å². The number of rotatable bonds is 8. The lowest BCUT2D eigenvalue weighted by Crippen LogP contribution is -2.32. The molecule has 3 rings (SSSR count). The molecule has 5 nitrogen and oxygen atoms in total. The molecule has 150 valence electrons. The fourth-order valence-electron chi connectivity index (χ4n) is 2.91. The highest BCUT2D eigenvalue weighted by Crippen LogP contribution is 2.16. The summed E-state index contributed by atoms with van der Waals surface area (Å²) in [4.78, 5) is 12.6. The molecule has 0 fully saturated rings. The van der Waals surface area contributed by atoms with Gasteiger partial charge in [0.15, 0.2) is 0 Å². The average Bonchev–Trinajstić information content (AvgIpc) is 2.74. The summed E-state index contributed by atoms with van der Waals surface area (Å²) in [5, 5.41) is 2.98. The molecule has 1 amide bonds. The molecule has 1 atom stereocenters. The van der Waals surface area contributed by atoms with E-state index in [9.17, 15) is 13.2 Å². The Labute approximate surface area is 171 Å². The van der Waals surface area contributed by atoms with E-state index >= 15 is 0 Å². The molecule has 0 saturated carbocycles. The summed E-state index contributed by atoms with van der Waals surface area (Å²) in [6.45, 7) is 1.98. The van der Waals surface area contributed by atoms with Crippen LogP contribution in [0.15, 0.2) is 89.8 Å². The summed E-state index contributed by atoms with van der Waals surface area (Å²) in [6, 6.07) is 24.7. The summed E-state index contributed by atoms with van der Waals surface area (Å²) < 4.78 is 27.2. The van der Waals surface area contributed by atoms with Gasteiger partial charge in [0.05, 0.1) is 4.90 Å². The highest BCUT2D eigenvalue weighted by Gasteiger charge is 2.14. The number of benzene rings is 3. The fourth-order valence-corrected chi connectivity index (χ4v) is 3.99. The number of aryl methyl sites for hydroxylation is 1. The summed E-state index contributed by atoms with van der Waals surface area (Å²) in [5.74, 6) is -0.178. The molecule has 3 aromatic carbocycles. The van der Waals surface area contributed by atoms with Crippen molar-refractivity contribution in [2.45, 2.75) is 30.7 Å². The average molecular weight is 409 g/mol. The maximum Gasteiger partial charge on any atom is 0.261 e. The van der Waals surface area contributed by atoms with Crippen molar-refractivity contribution in [2.24, 2.45) is 0 Å². The predicted octanol–water partition coefficient (Wildman–Crippen LogP) is 4.24. The molecule has 3 aromatic rings. The van der Waals surface area contributed by atoms with E-state index in [1.165, 1.54) is 17.7 Å². The monoisotopic (exact) mass is 408 g/mol. The maximum atomic E-state index is 12.4. The molecule has 29 heavy (non-hydrogen) atoms. The number of carbonyl (C=O) groups excluding carboxylic acids is 1. The molecular weight excluding hydrogens is 384 g/mol. The lowest BCUT2D eigenvalue weighted by atomic mass is 10.1. The van der Waals surface area contributed by atoms with Crippen molar-refractivity contribution in [3.63, 3.8) is 0 Å². The standard InChI is InChI=1S/C23H24N2O3S/c1-18(12-13-19-8-4-2-5-9-19)24-23(26)20-14-16-21(17-15-20)25-29(27,28)22-10-6-3-7-11-22/h2-11,14-18,25H,12-13H2,1H3,(H,24,26)/t18-/m0/s1. The van der Waals surface area contributed by atoms with E-state index in [4.69, 9.17) is 0 Å². The molecule has 0 unspecified atom stereocenters. The van der Waals surface area contributed by atoms with Crippen LogP contribution in [0, 0.1) is 0 Å². The third kappa shape index (κ3) is 5.93. The molecule has 0 bridgehead atoms. The number of nitrogens with one attached hydrogen (secondary N) is 2. The first-order valence-electron chi connectivity index (χ1n) is 9.47. The van der Waals surface area contributed by atoms with Gasteiger partial charge in [-0.15, -0.1) is 0 Å². The maximum absolute atomic E-state index is 12.4. The molecule has 0 aliphatic carbocycles. The summed E-state index contributed by atoms with van der Waals surface area (Å²) in [5.41, 5.74) is 2.13. The number of carbonyl (C=O) groups is 1. The van der Waals surface area contributed by atoms with Crippen LogP contribution in [0.25, 0.3) is 0 Å². The number of anilines is 1. The summed E-state index contributed by atoms with van der Waals surface area (Å²) in [6.07, 6.45) is 1.73. The van der Waals surface area contributed by atoms with Crippen LogP contribution in [-0.4, -0.2) is 20.4 Å². The fraction of sp³-hybridized carbons (Fsp3) is 0.174.